The van der Waals surface area contributed by atoms with E-state index in [0.717, 1.165) is 31.4 Å². The number of aromatic nitrogens is 2. The minimum Gasteiger partial charge on any atom is -0.338 e. The van der Waals surface area contributed by atoms with E-state index in [1.54, 1.807) is 0 Å². The van der Waals surface area contributed by atoms with E-state index in [0.29, 0.717) is 12.4 Å². The van der Waals surface area contributed by atoms with Crippen LogP contribution < -0.4 is 5.73 Å². The largest absolute Gasteiger partial charge is 0.338 e. The van der Waals surface area contributed by atoms with Gasteiger partial charge in [0.2, 0.25) is 5.89 Å². The summed E-state index contributed by atoms with van der Waals surface area (Å²) in [6.45, 7) is 7.26. The lowest BCUT2D eigenvalue weighted by Crippen LogP contribution is -2.35. The van der Waals surface area contributed by atoms with E-state index < -0.39 is 0 Å². The maximum absolute atomic E-state index is 5.48. The zero-order valence-electron chi connectivity index (χ0n) is 12.1. The molecule has 1 aromatic rings. The second-order valence-corrected chi connectivity index (χ2v) is 6.06. The summed E-state index contributed by atoms with van der Waals surface area (Å²) in [5.74, 6) is 2.10. The Bertz CT molecular complexity index is 415. The molecule has 0 spiro atoms. The topological polar surface area (TPSA) is 71.4 Å². The SMILES string of the molecule is NCc1nc(CN2CCC(CN3CCCCC3)C2)no1. The van der Waals surface area contributed by atoms with Crippen molar-refractivity contribution < 1.29 is 4.52 Å². The highest BCUT2D eigenvalue weighted by Crippen LogP contribution is 2.20. The molecule has 0 aliphatic carbocycles. The van der Waals surface area contributed by atoms with E-state index in [1.807, 2.05) is 0 Å². The summed E-state index contributed by atoms with van der Waals surface area (Å²) in [7, 11) is 0. The average Bonchev–Trinajstić information content (AvgIpc) is 3.10. The third kappa shape index (κ3) is 3.56. The van der Waals surface area contributed by atoms with Crippen molar-refractivity contribution in [3.63, 3.8) is 0 Å². The molecule has 0 saturated carbocycles. The lowest BCUT2D eigenvalue weighted by atomic mass is 10.1. The van der Waals surface area contributed by atoms with Crippen molar-refractivity contribution in [2.45, 2.75) is 38.8 Å². The minimum atomic E-state index is 0.324. The fourth-order valence-corrected chi connectivity index (χ4v) is 3.35. The molecule has 6 nitrogen and oxygen atoms in total. The quantitative estimate of drug-likeness (QED) is 0.861. The molecule has 1 aromatic heterocycles. The maximum Gasteiger partial charge on any atom is 0.240 e. The number of likely N-dealkylation sites (tertiary alicyclic amines) is 2. The minimum absolute atomic E-state index is 0.324. The Morgan fingerprint density at radius 2 is 2.00 bits per heavy atom. The van der Waals surface area contributed by atoms with E-state index in [9.17, 15) is 0 Å². The summed E-state index contributed by atoms with van der Waals surface area (Å²) in [6, 6.07) is 0. The molecule has 0 aromatic carbocycles. The molecule has 0 amide bonds. The first-order valence-electron chi connectivity index (χ1n) is 7.79. The second kappa shape index (κ2) is 6.65. The van der Waals surface area contributed by atoms with Crippen LogP contribution in [0.4, 0.5) is 0 Å². The Labute approximate surface area is 120 Å². The smallest absolute Gasteiger partial charge is 0.240 e. The highest BCUT2D eigenvalue weighted by atomic mass is 16.5. The van der Waals surface area contributed by atoms with Crippen molar-refractivity contribution in [2.24, 2.45) is 11.7 Å². The predicted octanol–water partition coefficient (Wildman–Crippen LogP) is 0.836. The number of hydrogen-bond donors (Lipinski definition) is 1. The Balaban J connectivity index is 1.44. The number of nitrogens with zero attached hydrogens (tertiary/aromatic N) is 4. The maximum atomic E-state index is 5.48. The fraction of sp³-hybridized carbons (Fsp3) is 0.857. The van der Waals surface area contributed by atoms with Crippen LogP contribution in [0.3, 0.4) is 0 Å². The average molecular weight is 279 g/mol. The first-order chi connectivity index (χ1) is 9.83. The van der Waals surface area contributed by atoms with Crippen molar-refractivity contribution >= 4 is 0 Å². The monoisotopic (exact) mass is 279 g/mol. The third-order valence-corrected chi connectivity index (χ3v) is 4.38. The zero-order chi connectivity index (χ0) is 13.8. The molecule has 1 unspecified atom stereocenters. The molecule has 2 aliphatic heterocycles. The van der Waals surface area contributed by atoms with Gasteiger partial charge in [-0.3, -0.25) is 4.90 Å². The van der Waals surface area contributed by atoms with Gasteiger partial charge >= 0.3 is 0 Å². The van der Waals surface area contributed by atoms with Gasteiger partial charge in [0, 0.05) is 13.1 Å². The second-order valence-electron chi connectivity index (χ2n) is 6.06. The van der Waals surface area contributed by atoms with Gasteiger partial charge in [-0.1, -0.05) is 11.6 Å². The molecule has 112 valence electrons. The summed E-state index contributed by atoms with van der Waals surface area (Å²) >= 11 is 0. The molecule has 3 heterocycles. The Kier molecular flexibility index (Phi) is 4.65. The molecule has 2 saturated heterocycles. The molecule has 2 fully saturated rings. The number of hydrogen-bond acceptors (Lipinski definition) is 6. The van der Waals surface area contributed by atoms with Crippen molar-refractivity contribution in [1.29, 1.82) is 0 Å². The summed E-state index contributed by atoms with van der Waals surface area (Å²) in [4.78, 5) is 9.35. The summed E-state index contributed by atoms with van der Waals surface area (Å²) in [5.41, 5.74) is 5.48. The lowest BCUT2D eigenvalue weighted by Gasteiger charge is -2.28. The molecule has 0 bridgehead atoms. The standard InChI is InChI=1S/C14H25N5O/c15-8-14-16-13(17-20-14)11-19-7-4-12(10-19)9-18-5-2-1-3-6-18/h12H,1-11,15H2. The van der Waals surface area contributed by atoms with E-state index in [1.165, 1.54) is 45.3 Å². The van der Waals surface area contributed by atoms with Crippen molar-refractivity contribution in [3.8, 4) is 0 Å². The first-order valence-corrected chi connectivity index (χ1v) is 7.79. The molecule has 2 N–H and O–H groups in total. The molecule has 2 aliphatic rings. The Morgan fingerprint density at radius 3 is 2.75 bits per heavy atom. The van der Waals surface area contributed by atoms with Crippen molar-refractivity contribution in [1.82, 2.24) is 19.9 Å². The third-order valence-electron chi connectivity index (χ3n) is 4.38. The number of piperidine rings is 1. The van der Waals surface area contributed by atoms with Gasteiger partial charge in [0.05, 0.1) is 13.1 Å². The van der Waals surface area contributed by atoms with Gasteiger partial charge in [-0.2, -0.15) is 4.98 Å². The van der Waals surface area contributed by atoms with Gasteiger partial charge in [0.1, 0.15) is 0 Å². The number of nitrogens with two attached hydrogens (primary N) is 1. The van der Waals surface area contributed by atoms with Gasteiger partial charge in [-0.25, -0.2) is 0 Å². The first kappa shape index (κ1) is 14.0. The van der Waals surface area contributed by atoms with E-state index in [2.05, 4.69) is 19.9 Å². The summed E-state index contributed by atoms with van der Waals surface area (Å²) in [5, 5.41) is 3.97. The predicted molar refractivity (Wildman–Crippen MR) is 75.9 cm³/mol. The van der Waals surface area contributed by atoms with Gasteiger partial charge in [0.15, 0.2) is 5.82 Å². The fourth-order valence-electron chi connectivity index (χ4n) is 3.35. The van der Waals surface area contributed by atoms with Crippen LogP contribution in [0.15, 0.2) is 4.52 Å². The molecule has 20 heavy (non-hydrogen) atoms. The lowest BCUT2D eigenvalue weighted by molar-refractivity contribution is 0.192. The molecular formula is C14H25N5O. The summed E-state index contributed by atoms with van der Waals surface area (Å²) in [6.07, 6.45) is 5.45. The van der Waals surface area contributed by atoms with Crippen LogP contribution in [-0.4, -0.2) is 52.7 Å². The van der Waals surface area contributed by atoms with Crippen LogP contribution in [-0.2, 0) is 13.1 Å². The van der Waals surface area contributed by atoms with Crippen LogP contribution in [0, 0.1) is 5.92 Å². The van der Waals surface area contributed by atoms with Crippen molar-refractivity contribution in [3.05, 3.63) is 11.7 Å². The number of rotatable bonds is 5. The highest BCUT2D eigenvalue weighted by molar-refractivity contribution is 4.88. The van der Waals surface area contributed by atoms with Crippen LogP contribution in [0.25, 0.3) is 0 Å². The van der Waals surface area contributed by atoms with E-state index >= 15 is 0 Å². The van der Waals surface area contributed by atoms with Gasteiger partial charge < -0.3 is 15.2 Å². The van der Waals surface area contributed by atoms with Crippen LogP contribution in [0.5, 0.6) is 0 Å². The van der Waals surface area contributed by atoms with Crippen molar-refractivity contribution in [2.75, 3.05) is 32.7 Å². The molecule has 6 heteroatoms. The molecule has 3 rings (SSSR count). The van der Waals surface area contributed by atoms with Gasteiger partial charge in [0.25, 0.3) is 0 Å². The summed E-state index contributed by atoms with van der Waals surface area (Å²) < 4.78 is 5.05. The van der Waals surface area contributed by atoms with E-state index in [4.69, 9.17) is 10.3 Å². The van der Waals surface area contributed by atoms with Crippen LogP contribution in [0.2, 0.25) is 0 Å². The van der Waals surface area contributed by atoms with Crippen LogP contribution in [0.1, 0.15) is 37.4 Å². The molecule has 1 atom stereocenters. The molecular weight excluding hydrogens is 254 g/mol. The Hall–Kier alpha value is -0.980. The molecule has 0 radical (unpaired) electrons. The van der Waals surface area contributed by atoms with E-state index in [-0.39, 0.29) is 0 Å². The highest BCUT2D eigenvalue weighted by Gasteiger charge is 2.25. The van der Waals surface area contributed by atoms with Crippen LogP contribution >= 0.6 is 0 Å². The Morgan fingerprint density at radius 1 is 1.15 bits per heavy atom. The van der Waals surface area contributed by atoms with Gasteiger partial charge in [-0.05, 0) is 44.8 Å². The van der Waals surface area contributed by atoms with Gasteiger partial charge in [-0.15, -0.1) is 0 Å². The zero-order valence-corrected chi connectivity index (χ0v) is 12.1. The normalized spacial score (nSPS) is 25.4.